The van der Waals surface area contributed by atoms with Crippen LogP contribution in [0.15, 0.2) is 18.3 Å². The van der Waals surface area contributed by atoms with Crippen LogP contribution in [0.3, 0.4) is 0 Å². The lowest BCUT2D eigenvalue weighted by Gasteiger charge is -2.07. The minimum atomic E-state index is 0.187. The van der Waals surface area contributed by atoms with E-state index in [0.29, 0.717) is 18.4 Å². The Morgan fingerprint density at radius 3 is 2.15 bits per heavy atom. The van der Waals surface area contributed by atoms with E-state index in [1.54, 1.807) is 19.4 Å². The number of nitrogens with zero attached hydrogens (tertiary/aromatic N) is 4. The number of pyridine rings is 1. The van der Waals surface area contributed by atoms with Gasteiger partial charge in [-0.15, -0.1) is 4.98 Å². The first-order valence-corrected chi connectivity index (χ1v) is 5.82. The molecule has 1 N–H and O–H groups in total. The first kappa shape index (κ1) is 13.8. The summed E-state index contributed by atoms with van der Waals surface area (Å²) in [6.45, 7) is 0.507. The molecule has 0 saturated heterocycles. The van der Waals surface area contributed by atoms with E-state index in [-0.39, 0.29) is 12.0 Å². The van der Waals surface area contributed by atoms with Gasteiger partial charge in [0.25, 0.3) is 0 Å². The first-order valence-electron chi connectivity index (χ1n) is 5.82. The quantitative estimate of drug-likeness (QED) is 0.833. The van der Waals surface area contributed by atoms with Crippen LogP contribution in [0, 0.1) is 0 Å². The van der Waals surface area contributed by atoms with Gasteiger partial charge in [0.15, 0.2) is 0 Å². The lowest BCUT2D eigenvalue weighted by Crippen LogP contribution is -2.07. The maximum atomic E-state index is 4.99. The number of methoxy groups -OCH3 is 3. The minimum Gasteiger partial charge on any atom is -0.481 e. The standard InChI is InChI=1S/C12H15N5O3/c1-18-9-5-4-8(6-13-9)7-14-10-15-11(19-2)17-12(16-10)20-3/h4-6H,7H2,1-3H3,(H,14,15,16,17). The number of nitrogens with one attached hydrogen (secondary N) is 1. The van der Waals surface area contributed by atoms with Crippen molar-refractivity contribution in [2.24, 2.45) is 0 Å². The number of rotatable bonds is 6. The van der Waals surface area contributed by atoms with Crippen molar-refractivity contribution in [3.63, 3.8) is 0 Å². The SMILES string of the molecule is COc1ccc(CNc2nc(OC)nc(OC)n2)cn1. The average Bonchev–Trinajstić information content (AvgIpc) is 2.53. The van der Waals surface area contributed by atoms with Gasteiger partial charge in [-0.05, 0) is 5.56 Å². The highest BCUT2D eigenvalue weighted by molar-refractivity contribution is 5.30. The van der Waals surface area contributed by atoms with Crippen molar-refractivity contribution >= 4 is 5.95 Å². The van der Waals surface area contributed by atoms with Gasteiger partial charge in [0.05, 0.1) is 21.3 Å². The predicted molar refractivity (Wildman–Crippen MR) is 71.0 cm³/mol. The van der Waals surface area contributed by atoms with Gasteiger partial charge >= 0.3 is 12.0 Å². The van der Waals surface area contributed by atoms with Crippen molar-refractivity contribution < 1.29 is 14.2 Å². The summed E-state index contributed by atoms with van der Waals surface area (Å²) in [5.74, 6) is 0.932. The molecule has 0 aliphatic carbocycles. The topological polar surface area (TPSA) is 91.3 Å². The summed E-state index contributed by atoms with van der Waals surface area (Å²) in [6, 6.07) is 4.06. The summed E-state index contributed by atoms with van der Waals surface area (Å²) in [5, 5.41) is 3.04. The molecule has 2 aromatic heterocycles. The first-order chi connectivity index (χ1) is 9.75. The van der Waals surface area contributed by atoms with Crippen molar-refractivity contribution in [1.29, 1.82) is 0 Å². The van der Waals surface area contributed by atoms with Crippen LogP contribution in [0.2, 0.25) is 0 Å². The molecular formula is C12H15N5O3. The molecule has 0 fully saturated rings. The summed E-state index contributed by atoms with van der Waals surface area (Å²) in [7, 11) is 4.53. The molecule has 2 rings (SSSR count). The van der Waals surface area contributed by atoms with E-state index in [9.17, 15) is 0 Å². The van der Waals surface area contributed by atoms with Gasteiger partial charge in [-0.25, -0.2) is 4.98 Å². The number of hydrogen-bond acceptors (Lipinski definition) is 8. The van der Waals surface area contributed by atoms with Crippen LogP contribution in [0.4, 0.5) is 5.95 Å². The third-order valence-electron chi connectivity index (χ3n) is 2.42. The Morgan fingerprint density at radius 2 is 1.65 bits per heavy atom. The molecular weight excluding hydrogens is 262 g/mol. The molecule has 2 heterocycles. The zero-order valence-electron chi connectivity index (χ0n) is 11.5. The van der Waals surface area contributed by atoms with Gasteiger partial charge in [0.1, 0.15) is 0 Å². The van der Waals surface area contributed by atoms with E-state index in [0.717, 1.165) is 5.56 Å². The molecule has 0 spiro atoms. The molecule has 2 aromatic rings. The molecule has 0 saturated carbocycles. The van der Waals surface area contributed by atoms with Crippen LogP contribution in [-0.2, 0) is 6.54 Å². The van der Waals surface area contributed by atoms with Crippen molar-refractivity contribution in [1.82, 2.24) is 19.9 Å². The van der Waals surface area contributed by atoms with Crippen LogP contribution < -0.4 is 19.5 Å². The molecule has 0 aliphatic heterocycles. The average molecular weight is 277 g/mol. The second kappa shape index (κ2) is 6.50. The molecule has 0 radical (unpaired) electrons. The summed E-state index contributed by atoms with van der Waals surface area (Å²) in [5.41, 5.74) is 0.962. The van der Waals surface area contributed by atoms with E-state index in [1.165, 1.54) is 14.2 Å². The number of ether oxygens (including phenoxy) is 3. The highest BCUT2D eigenvalue weighted by Crippen LogP contribution is 2.13. The highest BCUT2D eigenvalue weighted by atomic mass is 16.5. The molecule has 20 heavy (non-hydrogen) atoms. The molecule has 0 atom stereocenters. The third-order valence-corrected chi connectivity index (χ3v) is 2.42. The zero-order valence-corrected chi connectivity index (χ0v) is 11.5. The Bertz CT molecular complexity index is 539. The van der Waals surface area contributed by atoms with Crippen LogP contribution in [0.25, 0.3) is 0 Å². The molecule has 0 bridgehead atoms. The Kier molecular flexibility index (Phi) is 4.48. The molecule has 0 amide bonds. The molecule has 0 aliphatic rings. The Morgan fingerprint density at radius 1 is 0.950 bits per heavy atom. The predicted octanol–water partition coefficient (Wildman–Crippen LogP) is 0.904. The minimum absolute atomic E-state index is 0.187. The summed E-state index contributed by atoms with van der Waals surface area (Å²) in [4.78, 5) is 16.2. The van der Waals surface area contributed by atoms with Crippen molar-refractivity contribution in [3.05, 3.63) is 23.9 Å². The fourth-order valence-electron chi connectivity index (χ4n) is 1.42. The van der Waals surface area contributed by atoms with Gasteiger partial charge in [0, 0.05) is 18.8 Å². The van der Waals surface area contributed by atoms with Crippen molar-refractivity contribution in [2.75, 3.05) is 26.6 Å². The van der Waals surface area contributed by atoms with Gasteiger partial charge in [-0.2, -0.15) is 9.97 Å². The maximum absolute atomic E-state index is 4.99. The van der Waals surface area contributed by atoms with Gasteiger partial charge < -0.3 is 19.5 Å². The van der Waals surface area contributed by atoms with Crippen LogP contribution in [0.5, 0.6) is 17.9 Å². The van der Waals surface area contributed by atoms with E-state index in [1.807, 2.05) is 6.07 Å². The van der Waals surface area contributed by atoms with Crippen LogP contribution in [0.1, 0.15) is 5.56 Å². The van der Waals surface area contributed by atoms with Crippen LogP contribution >= 0.6 is 0 Å². The van der Waals surface area contributed by atoms with E-state index >= 15 is 0 Å². The van der Waals surface area contributed by atoms with Gasteiger partial charge in [0.2, 0.25) is 11.8 Å². The number of aromatic nitrogens is 4. The summed E-state index contributed by atoms with van der Waals surface area (Å²) < 4.78 is 14.9. The molecule has 0 aromatic carbocycles. The smallest absolute Gasteiger partial charge is 0.324 e. The summed E-state index contributed by atoms with van der Waals surface area (Å²) in [6.07, 6.45) is 1.71. The third kappa shape index (κ3) is 3.44. The van der Waals surface area contributed by atoms with Crippen LogP contribution in [-0.4, -0.2) is 41.3 Å². The fraction of sp³-hybridized carbons (Fsp3) is 0.333. The lowest BCUT2D eigenvalue weighted by molar-refractivity contribution is 0.341. The van der Waals surface area contributed by atoms with Crippen molar-refractivity contribution in [3.8, 4) is 17.9 Å². The number of anilines is 1. The van der Waals surface area contributed by atoms with Gasteiger partial charge in [-0.1, -0.05) is 6.07 Å². The monoisotopic (exact) mass is 277 g/mol. The normalized spacial score (nSPS) is 9.95. The van der Waals surface area contributed by atoms with E-state index in [2.05, 4.69) is 25.3 Å². The van der Waals surface area contributed by atoms with E-state index < -0.39 is 0 Å². The molecule has 8 heteroatoms. The second-order valence-corrected chi connectivity index (χ2v) is 3.69. The highest BCUT2D eigenvalue weighted by Gasteiger charge is 2.06. The van der Waals surface area contributed by atoms with Gasteiger partial charge in [-0.3, -0.25) is 0 Å². The van der Waals surface area contributed by atoms with Crippen molar-refractivity contribution in [2.45, 2.75) is 6.54 Å². The Balaban J connectivity index is 2.05. The molecule has 8 nitrogen and oxygen atoms in total. The summed E-state index contributed by atoms with van der Waals surface area (Å²) >= 11 is 0. The zero-order chi connectivity index (χ0) is 14.4. The largest absolute Gasteiger partial charge is 0.481 e. The fourth-order valence-corrected chi connectivity index (χ4v) is 1.42. The molecule has 106 valence electrons. The lowest BCUT2D eigenvalue weighted by atomic mass is 10.3. The second-order valence-electron chi connectivity index (χ2n) is 3.69. The number of hydrogen-bond donors (Lipinski definition) is 1. The Labute approximate surface area is 116 Å². The Hall–Kier alpha value is -2.64. The molecule has 0 unspecified atom stereocenters. The van der Waals surface area contributed by atoms with E-state index in [4.69, 9.17) is 14.2 Å². The maximum Gasteiger partial charge on any atom is 0.324 e.